The topological polar surface area (TPSA) is 78.9 Å². The molecule has 0 aliphatic heterocycles. The Morgan fingerprint density at radius 1 is 1.14 bits per heavy atom. The van der Waals surface area contributed by atoms with Gasteiger partial charge in [0.15, 0.2) is 17.3 Å². The molecule has 7 nitrogen and oxygen atoms in total. The van der Waals surface area contributed by atoms with Gasteiger partial charge in [0.2, 0.25) is 5.82 Å². The van der Waals surface area contributed by atoms with Crippen LogP contribution in [0.5, 0.6) is 11.5 Å². The Kier molecular flexibility index (Phi) is 6.55. The first-order valence-corrected chi connectivity index (χ1v) is 12.3. The fourth-order valence-corrected chi connectivity index (χ4v) is 4.43. The summed E-state index contributed by atoms with van der Waals surface area (Å²) in [6.07, 6.45) is 1.38. The van der Waals surface area contributed by atoms with Crippen LogP contribution in [0, 0.1) is 0 Å². The lowest BCUT2D eigenvalue weighted by atomic mass is 10.2. The maximum absolute atomic E-state index is 13.5. The van der Waals surface area contributed by atoms with E-state index in [1.54, 1.807) is 30.3 Å². The van der Waals surface area contributed by atoms with Gasteiger partial charge in [-0.3, -0.25) is 4.79 Å². The highest BCUT2D eigenvalue weighted by Crippen LogP contribution is 2.35. The SMILES string of the molecule is COc1cc(Cl)cc(C=Nn2c(-c3cc4cc(Br)ccc4o3)nc3ccccc3c2=O)c1OC(C)C. The van der Waals surface area contributed by atoms with Crippen molar-refractivity contribution in [3.8, 4) is 23.1 Å². The molecule has 182 valence electrons. The minimum absolute atomic E-state index is 0.122. The third-order valence-corrected chi connectivity index (χ3v) is 6.10. The second-order valence-electron chi connectivity index (χ2n) is 8.30. The van der Waals surface area contributed by atoms with Crippen molar-refractivity contribution in [2.24, 2.45) is 5.10 Å². The van der Waals surface area contributed by atoms with Gasteiger partial charge in [-0.05, 0) is 56.3 Å². The van der Waals surface area contributed by atoms with Crippen LogP contribution in [0.3, 0.4) is 0 Å². The van der Waals surface area contributed by atoms with Crippen molar-refractivity contribution in [1.29, 1.82) is 0 Å². The Hall–Kier alpha value is -3.62. The normalized spacial score (nSPS) is 11.7. The van der Waals surface area contributed by atoms with Gasteiger partial charge < -0.3 is 13.9 Å². The van der Waals surface area contributed by atoms with Crippen LogP contribution in [0.25, 0.3) is 33.5 Å². The van der Waals surface area contributed by atoms with Gasteiger partial charge >= 0.3 is 0 Å². The number of fused-ring (bicyclic) bond motifs is 2. The highest BCUT2D eigenvalue weighted by atomic mass is 79.9. The average molecular weight is 567 g/mol. The van der Waals surface area contributed by atoms with E-state index in [2.05, 4.69) is 21.0 Å². The third-order valence-electron chi connectivity index (χ3n) is 5.39. The summed E-state index contributed by atoms with van der Waals surface area (Å²) in [6, 6.07) is 18.0. The van der Waals surface area contributed by atoms with Crippen molar-refractivity contribution < 1.29 is 13.9 Å². The second-order valence-corrected chi connectivity index (χ2v) is 9.65. The predicted molar refractivity (Wildman–Crippen MR) is 146 cm³/mol. The summed E-state index contributed by atoms with van der Waals surface area (Å²) in [5, 5.41) is 6.26. The fraction of sp³-hybridized carbons (Fsp3) is 0.148. The first-order valence-electron chi connectivity index (χ1n) is 11.1. The highest BCUT2D eigenvalue weighted by Gasteiger charge is 2.18. The predicted octanol–water partition coefficient (Wildman–Crippen LogP) is 6.90. The molecule has 2 heterocycles. The lowest BCUT2D eigenvalue weighted by molar-refractivity contribution is 0.230. The maximum Gasteiger partial charge on any atom is 0.282 e. The van der Waals surface area contributed by atoms with Crippen molar-refractivity contribution in [3.05, 3.63) is 86.1 Å². The summed E-state index contributed by atoms with van der Waals surface area (Å²) in [6.45, 7) is 3.81. The van der Waals surface area contributed by atoms with Crippen LogP contribution in [-0.2, 0) is 0 Å². The van der Waals surface area contributed by atoms with Gasteiger partial charge in [-0.15, -0.1) is 0 Å². The molecule has 36 heavy (non-hydrogen) atoms. The molecular formula is C27H21BrClN3O4. The number of methoxy groups -OCH3 is 1. The Morgan fingerprint density at radius 2 is 1.94 bits per heavy atom. The van der Waals surface area contributed by atoms with Gasteiger partial charge in [0, 0.05) is 26.5 Å². The van der Waals surface area contributed by atoms with Crippen LogP contribution < -0.4 is 15.0 Å². The summed E-state index contributed by atoms with van der Waals surface area (Å²) in [7, 11) is 1.54. The average Bonchev–Trinajstić information content (AvgIpc) is 3.27. The molecule has 2 aromatic heterocycles. The van der Waals surface area contributed by atoms with Crippen LogP contribution in [0.4, 0.5) is 0 Å². The minimum atomic E-state index is -0.339. The van der Waals surface area contributed by atoms with Gasteiger partial charge in [-0.1, -0.05) is 39.7 Å². The zero-order chi connectivity index (χ0) is 25.4. The van der Waals surface area contributed by atoms with Crippen LogP contribution in [0.2, 0.25) is 5.02 Å². The van der Waals surface area contributed by atoms with E-state index in [9.17, 15) is 4.79 Å². The molecule has 0 aliphatic rings. The summed E-state index contributed by atoms with van der Waals surface area (Å²) in [4.78, 5) is 18.3. The number of hydrogen-bond acceptors (Lipinski definition) is 6. The number of ether oxygens (including phenoxy) is 2. The van der Waals surface area contributed by atoms with Crippen molar-refractivity contribution in [2.75, 3.05) is 7.11 Å². The number of hydrogen-bond donors (Lipinski definition) is 0. The van der Waals surface area contributed by atoms with Crippen molar-refractivity contribution in [3.63, 3.8) is 0 Å². The molecule has 0 atom stereocenters. The molecule has 9 heteroatoms. The molecular weight excluding hydrogens is 546 g/mol. The maximum atomic E-state index is 13.5. The van der Waals surface area contributed by atoms with E-state index in [0.29, 0.717) is 44.3 Å². The molecule has 0 aliphatic carbocycles. The summed E-state index contributed by atoms with van der Waals surface area (Å²) < 4.78 is 19.6. The van der Waals surface area contributed by atoms with E-state index in [4.69, 9.17) is 30.5 Å². The third kappa shape index (κ3) is 4.62. The molecule has 0 N–H and O–H groups in total. The van der Waals surface area contributed by atoms with Crippen LogP contribution in [0.15, 0.2) is 79.4 Å². The lowest BCUT2D eigenvalue weighted by Crippen LogP contribution is -2.20. The first kappa shape index (κ1) is 24.1. The van der Waals surface area contributed by atoms with E-state index in [0.717, 1.165) is 9.86 Å². The van der Waals surface area contributed by atoms with E-state index in [-0.39, 0.29) is 17.5 Å². The van der Waals surface area contributed by atoms with Crippen molar-refractivity contribution in [2.45, 2.75) is 20.0 Å². The van der Waals surface area contributed by atoms with E-state index in [1.165, 1.54) is 18.0 Å². The van der Waals surface area contributed by atoms with Crippen LogP contribution in [0.1, 0.15) is 19.4 Å². The van der Waals surface area contributed by atoms with Crippen molar-refractivity contribution in [1.82, 2.24) is 9.66 Å². The van der Waals surface area contributed by atoms with E-state index < -0.39 is 0 Å². The van der Waals surface area contributed by atoms with Gasteiger partial charge in [-0.25, -0.2) is 4.98 Å². The summed E-state index contributed by atoms with van der Waals surface area (Å²) in [5.74, 6) is 1.61. The number of benzene rings is 3. The Labute approximate surface area is 220 Å². The number of nitrogens with zero attached hydrogens (tertiary/aromatic N) is 3. The number of halogens is 2. The van der Waals surface area contributed by atoms with Gasteiger partial charge in [0.1, 0.15) is 5.58 Å². The second kappa shape index (κ2) is 9.79. The molecule has 0 unspecified atom stereocenters. The Bertz CT molecular complexity index is 1690. The number of para-hydroxylation sites is 1. The standard InChI is InChI=1S/C27H21BrClN3O4/c1-15(2)35-25-17(11-19(29)13-23(25)34-3)14-30-32-26(31-21-7-5-4-6-20(21)27(32)33)24-12-16-10-18(28)8-9-22(16)36-24/h4-15H,1-3H3. The van der Waals surface area contributed by atoms with Gasteiger partial charge in [0.05, 0.1) is 30.3 Å². The number of aromatic nitrogens is 2. The molecule has 0 spiro atoms. The molecule has 0 amide bonds. The molecule has 3 aromatic carbocycles. The molecule has 0 fully saturated rings. The quantitative estimate of drug-likeness (QED) is 0.209. The van der Waals surface area contributed by atoms with E-state index in [1.807, 2.05) is 44.2 Å². The van der Waals surface area contributed by atoms with Gasteiger partial charge in [0.25, 0.3) is 5.56 Å². The summed E-state index contributed by atoms with van der Waals surface area (Å²) >= 11 is 9.80. The molecule has 0 bridgehead atoms. The zero-order valence-electron chi connectivity index (χ0n) is 19.7. The van der Waals surface area contributed by atoms with Gasteiger partial charge in [-0.2, -0.15) is 9.78 Å². The monoisotopic (exact) mass is 565 g/mol. The minimum Gasteiger partial charge on any atom is -0.493 e. The smallest absolute Gasteiger partial charge is 0.282 e. The first-order chi connectivity index (χ1) is 17.3. The van der Waals surface area contributed by atoms with Crippen LogP contribution in [-0.4, -0.2) is 29.1 Å². The highest BCUT2D eigenvalue weighted by molar-refractivity contribution is 9.10. The molecule has 0 radical (unpaired) electrons. The number of furan rings is 1. The lowest BCUT2D eigenvalue weighted by Gasteiger charge is -2.16. The number of rotatable bonds is 6. The van der Waals surface area contributed by atoms with Crippen LogP contribution >= 0.6 is 27.5 Å². The molecule has 5 rings (SSSR count). The van der Waals surface area contributed by atoms with E-state index >= 15 is 0 Å². The Balaban J connectivity index is 1.73. The molecule has 5 aromatic rings. The van der Waals surface area contributed by atoms with Crippen molar-refractivity contribution >= 4 is 55.6 Å². The summed E-state index contributed by atoms with van der Waals surface area (Å²) in [5.41, 5.74) is 1.42. The fourth-order valence-electron chi connectivity index (χ4n) is 3.83. The molecule has 0 saturated carbocycles. The zero-order valence-corrected chi connectivity index (χ0v) is 22.0. The molecule has 0 saturated heterocycles. The Morgan fingerprint density at radius 3 is 2.72 bits per heavy atom. The largest absolute Gasteiger partial charge is 0.493 e.